The molecule has 2 fully saturated rings. The molecule has 2 aliphatic rings. The van der Waals surface area contributed by atoms with Crippen molar-refractivity contribution in [2.24, 2.45) is 0 Å². The van der Waals surface area contributed by atoms with Crippen LogP contribution in [-0.2, 0) is 16.1 Å². The number of imidazole rings is 1. The fourth-order valence-electron chi connectivity index (χ4n) is 4.48. The Labute approximate surface area is 175 Å². The summed E-state index contributed by atoms with van der Waals surface area (Å²) in [5, 5.41) is 16.7. The van der Waals surface area contributed by atoms with Gasteiger partial charge in [0.15, 0.2) is 0 Å². The molecule has 162 valence electrons. The maximum absolute atomic E-state index is 12.9. The minimum Gasteiger partial charge on any atom is -0.389 e. The van der Waals surface area contributed by atoms with Crippen LogP contribution in [0.1, 0.15) is 29.6 Å². The number of amides is 2. The molecule has 3 atom stereocenters. The van der Waals surface area contributed by atoms with Crippen LogP contribution in [0.25, 0.3) is 11.0 Å². The number of hydrogen-bond donors (Lipinski definition) is 3. The molecule has 3 N–H and O–H groups in total. The smallest absolute Gasteiger partial charge is 0.251 e. The highest BCUT2D eigenvalue weighted by molar-refractivity contribution is 5.97. The number of carbonyl (C=O) groups is 2. The predicted octanol–water partition coefficient (Wildman–Crippen LogP) is 0.126. The number of methoxy groups -OCH3 is 1. The van der Waals surface area contributed by atoms with Crippen LogP contribution < -0.4 is 10.6 Å². The van der Waals surface area contributed by atoms with E-state index >= 15 is 0 Å². The van der Waals surface area contributed by atoms with Gasteiger partial charge in [-0.25, -0.2) is 4.98 Å². The molecule has 2 heterocycles. The van der Waals surface area contributed by atoms with Gasteiger partial charge in [-0.15, -0.1) is 0 Å². The fourth-order valence-corrected chi connectivity index (χ4v) is 4.48. The number of benzene rings is 1. The van der Waals surface area contributed by atoms with Crippen LogP contribution in [0.5, 0.6) is 0 Å². The van der Waals surface area contributed by atoms with Crippen molar-refractivity contribution in [3.63, 3.8) is 0 Å². The molecule has 9 heteroatoms. The number of aliphatic hydroxyl groups is 1. The minimum atomic E-state index is -0.703. The summed E-state index contributed by atoms with van der Waals surface area (Å²) in [6.45, 7) is 2.90. The number of aromatic nitrogens is 2. The second-order valence-corrected chi connectivity index (χ2v) is 8.02. The molecule has 1 aliphatic heterocycles. The number of carbonyl (C=O) groups excluding carboxylic acids is 2. The number of piperazine rings is 1. The Morgan fingerprint density at radius 2 is 2.27 bits per heavy atom. The van der Waals surface area contributed by atoms with Gasteiger partial charge in [-0.05, 0) is 37.5 Å². The van der Waals surface area contributed by atoms with Gasteiger partial charge in [0.2, 0.25) is 5.91 Å². The van der Waals surface area contributed by atoms with E-state index in [1.165, 1.54) is 0 Å². The summed E-state index contributed by atoms with van der Waals surface area (Å²) >= 11 is 0. The van der Waals surface area contributed by atoms with Gasteiger partial charge in [0.25, 0.3) is 5.91 Å². The molecule has 2 aromatic rings. The minimum absolute atomic E-state index is 0.0159. The Kier molecular flexibility index (Phi) is 6.31. The van der Waals surface area contributed by atoms with E-state index in [4.69, 9.17) is 4.74 Å². The lowest BCUT2D eigenvalue weighted by Gasteiger charge is -2.42. The maximum Gasteiger partial charge on any atom is 0.251 e. The monoisotopic (exact) mass is 415 g/mol. The van der Waals surface area contributed by atoms with Gasteiger partial charge in [-0.1, -0.05) is 0 Å². The van der Waals surface area contributed by atoms with Crippen LogP contribution in [0.3, 0.4) is 0 Å². The quantitative estimate of drug-likeness (QED) is 0.619. The summed E-state index contributed by atoms with van der Waals surface area (Å²) < 4.78 is 7.11. The van der Waals surface area contributed by atoms with E-state index in [1.54, 1.807) is 25.6 Å². The zero-order chi connectivity index (χ0) is 21.1. The SMILES string of the molecule is COCCn1cnc2cc(C(=O)N[C@@H]3CCC[C@@H](N4CCNC(=O)C4)[C@@H]3O)ccc21. The van der Waals surface area contributed by atoms with Crippen LogP contribution in [0, 0.1) is 0 Å². The van der Waals surface area contributed by atoms with E-state index in [1.807, 2.05) is 15.5 Å². The molecule has 0 bridgehead atoms. The van der Waals surface area contributed by atoms with Crippen molar-refractivity contribution >= 4 is 22.8 Å². The number of nitrogens with zero attached hydrogens (tertiary/aromatic N) is 3. The molecule has 0 radical (unpaired) electrons. The summed E-state index contributed by atoms with van der Waals surface area (Å²) in [7, 11) is 1.66. The third-order valence-corrected chi connectivity index (χ3v) is 6.09. The first-order valence-electron chi connectivity index (χ1n) is 10.5. The number of hydrogen-bond acceptors (Lipinski definition) is 6. The standard InChI is InChI=1S/C21H29N5O4/c1-30-10-9-26-13-23-16-11-14(5-6-17(16)26)21(29)24-15-3-2-4-18(20(15)28)25-8-7-22-19(27)12-25/h5-6,11,13,15,18,20,28H,2-4,7-10,12H2,1H3,(H,22,27)(H,24,29)/t15-,18-,20-/m1/s1. The lowest BCUT2D eigenvalue weighted by molar-refractivity contribution is -0.126. The van der Waals surface area contributed by atoms with Crippen molar-refractivity contribution < 1.29 is 19.4 Å². The molecule has 9 nitrogen and oxygen atoms in total. The zero-order valence-electron chi connectivity index (χ0n) is 17.2. The van der Waals surface area contributed by atoms with E-state index in [9.17, 15) is 14.7 Å². The highest BCUT2D eigenvalue weighted by Crippen LogP contribution is 2.25. The zero-order valence-corrected chi connectivity index (χ0v) is 17.2. The van der Waals surface area contributed by atoms with Crippen LogP contribution in [-0.4, -0.2) is 82.9 Å². The van der Waals surface area contributed by atoms with E-state index < -0.39 is 6.10 Å². The molecule has 4 rings (SSSR count). The average Bonchev–Trinajstić information content (AvgIpc) is 3.16. The maximum atomic E-state index is 12.9. The van der Waals surface area contributed by atoms with E-state index in [-0.39, 0.29) is 23.9 Å². The second-order valence-electron chi connectivity index (χ2n) is 8.02. The Morgan fingerprint density at radius 1 is 1.40 bits per heavy atom. The van der Waals surface area contributed by atoms with Crippen molar-refractivity contribution in [2.45, 2.75) is 44.0 Å². The largest absolute Gasteiger partial charge is 0.389 e. The van der Waals surface area contributed by atoms with Crippen LogP contribution in [0.15, 0.2) is 24.5 Å². The summed E-state index contributed by atoms with van der Waals surface area (Å²) in [4.78, 5) is 31.0. The molecule has 0 unspecified atom stereocenters. The van der Waals surface area contributed by atoms with E-state index in [0.29, 0.717) is 31.8 Å². The molecule has 1 aromatic carbocycles. The van der Waals surface area contributed by atoms with Crippen LogP contribution in [0.4, 0.5) is 0 Å². The number of rotatable bonds is 6. The molecule has 30 heavy (non-hydrogen) atoms. The summed E-state index contributed by atoms with van der Waals surface area (Å²) in [5.41, 5.74) is 2.22. The van der Waals surface area contributed by atoms with Gasteiger partial charge >= 0.3 is 0 Å². The van der Waals surface area contributed by atoms with Crippen molar-refractivity contribution in [2.75, 3.05) is 33.4 Å². The normalized spacial score (nSPS) is 25.3. The van der Waals surface area contributed by atoms with Gasteiger partial charge in [-0.3, -0.25) is 14.5 Å². The molecular formula is C21H29N5O4. The molecule has 1 saturated heterocycles. The first-order chi connectivity index (χ1) is 14.6. The van der Waals surface area contributed by atoms with E-state index in [0.717, 1.165) is 36.8 Å². The summed E-state index contributed by atoms with van der Waals surface area (Å²) in [6, 6.07) is 4.99. The van der Waals surface area contributed by atoms with Crippen molar-refractivity contribution in [3.05, 3.63) is 30.1 Å². The molecular weight excluding hydrogens is 386 g/mol. The number of nitrogens with one attached hydrogen (secondary N) is 2. The lowest BCUT2D eigenvalue weighted by Crippen LogP contribution is -2.60. The van der Waals surface area contributed by atoms with E-state index in [2.05, 4.69) is 15.6 Å². The topological polar surface area (TPSA) is 109 Å². The molecule has 1 saturated carbocycles. The second kappa shape index (κ2) is 9.11. The highest BCUT2D eigenvalue weighted by atomic mass is 16.5. The first kappa shape index (κ1) is 20.8. The Morgan fingerprint density at radius 3 is 3.07 bits per heavy atom. The summed E-state index contributed by atoms with van der Waals surface area (Å²) in [5.74, 6) is -0.234. The Bertz CT molecular complexity index is 914. The Balaban J connectivity index is 1.43. The first-order valence-corrected chi connectivity index (χ1v) is 10.5. The summed E-state index contributed by atoms with van der Waals surface area (Å²) in [6.07, 6.45) is 3.48. The Hall–Kier alpha value is -2.49. The van der Waals surface area contributed by atoms with Crippen LogP contribution >= 0.6 is 0 Å². The van der Waals surface area contributed by atoms with Gasteiger partial charge in [-0.2, -0.15) is 0 Å². The highest BCUT2D eigenvalue weighted by Gasteiger charge is 2.37. The predicted molar refractivity (Wildman–Crippen MR) is 111 cm³/mol. The van der Waals surface area contributed by atoms with Gasteiger partial charge in [0.1, 0.15) is 0 Å². The number of ether oxygens (including phenoxy) is 1. The lowest BCUT2D eigenvalue weighted by atomic mass is 9.86. The molecule has 0 spiro atoms. The van der Waals surface area contributed by atoms with Gasteiger partial charge in [0, 0.05) is 38.3 Å². The molecule has 2 amide bonds. The molecule has 1 aliphatic carbocycles. The third kappa shape index (κ3) is 4.33. The van der Waals surface area contributed by atoms with Crippen molar-refractivity contribution in [3.8, 4) is 0 Å². The molecule has 1 aromatic heterocycles. The van der Waals surface area contributed by atoms with Gasteiger partial charge < -0.3 is 25.0 Å². The van der Waals surface area contributed by atoms with Crippen molar-refractivity contribution in [1.82, 2.24) is 25.1 Å². The fraction of sp³-hybridized carbons (Fsp3) is 0.571. The number of fused-ring (bicyclic) bond motifs is 1. The van der Waals surface area contributed by atoms with Crippen molar-refractivity contribution in [1.29, 1.82) is 0 Å². The third-order valence-electron chi connectivity index (χ3n) is 6.09. The van der Waals surface area contributed by atoms with Gasteiger partial charge in [0.05, 0.1) is 42.7 Å². The number of aliphatic hydroxyl groups excluding tert-OH is 1. The van der Waals surface area contributed by atoms with Crippen LogP contribution in [0.2, 0.25) is 0 Å². The average molecular weight is 415 g/mol.